The van der Waals surface area contributed by atoms with Crippen LogP contribution in [0.5, 0.6) is 5.75 Å². The van der Waals surface area contributed by atoms with Crippen LogP contribution in [-0.4, -0.2) is 34.0 Å². The third kappa shape index (κ3) is 3.09. The molecule has 120 valence electrons. The molecule has 2 aliphatic heterocycles. The average molecular weight is 351 g/mol. The smallest absolute Gasteiger partial charge is 0.145 e. The fourth-order valence-corrected chi connectivity index (χ4v) is 3.61. The van der Waals surface area contributed by atoms with Crippen molar-refractivity contribution in [1.82, 2.24) is 20.1 Å². The number of fused-ring (bicyclic) bond motifs is 2. The van der Waals surface area contributed by atoms with Gasteiger partial charge in [0.2, 0.25) is 0 Å². The summed E-state index contributed by atoms with van der Waals surface area (Å²) >= 11 is 12.2. The minimum Gasteiger partial charge on any atom is -0.487 e. The summed E-state index contributed by atoms with van der Waals surface area (Å²) in [4.78, 5) is 4.25. The van der Waals surface area contributed by atoms with Gasteiger partial charge in [-0.15, -0.1) is 0 Å². The van der Waals surface area contributed by atoms with E-state index >= 15 is 0 Å². The van der Waals surface area contributed by atoms with Crippen molar-refractivity contribution in [2.45, 2.75) is 25.4 Å². The number of ether oxygens (including phenoxy) is 1. The molecule has 0 aliphatic carbocycles. The summed E-state index contributed by atoms with van der Waals surface area (Å²) in [7, 11) is 0. The molecule has 0 spiro atoms. The highest BCUT2D eigenvalue weighted by Crippen LogP contribution is 2.36. The predicted octanol–water partition coefficient (Wildman–Crippen LogP) is 2.97. The van der Waals surface area contributed by atoms with Gasteiger partial charge in [0.15, 0.2) is 0 Å². The van der Waals surface area contributed by atoms with Crippen molar-refractivity contribution in [3.63, 3.8) is 0 Å². The van der Waals surface area contributed by atoms with Gasteiger partial charge in [-0.2, -0.15) is 5.10 Å². The van der Waals surface area contributed by atoms with Crippen LogP contribution in [0.15, 0.2) is 24.0 Å². The molecule has 1 N–H and O–H groups in total. The maximum atomic E-state index is 6.16. The molecular weight excluding hydrogens is 335 g/mol. The number of rotatable bonds is 3. The predicted molar refractivity (Wildman–Crippen MR) is 90.1 cm³/mol. The Morgan fingerprint density at radius 2 is 2.26 bits per heavy atom. The lowest BCUT2D eigenvalue weighted by Crippen LogP contribution is -2.39. The SMILES string of the molecule is Clc1cc(Cl)c2c(c1)C=C(CNC1CCc3ncnn3C1)CO2. The number of nitrogens with zero attached hydrogens (tertiary/aromatic N) is 3. The van der Waals surface area contributed by atoms with Gasteiger partial charge in [0.25, 0.3) is 0 Å². The van der Waals surface area contributed by atoms with E-state index in [9.17, 15) is 0 Å². The van der Waals surface area contributed by atoms with Crippen LogP contribution in [0.1, 0.15) is 17.8 Å². The summed E-state index contributed by atoms with van der Waals surface area (Å²) in [6.07, 6.45) is 5.76. The molecule has 7 heteroatoms. The van der Waals surface area contributed by atoms with Crippen LogP contribution in [-0.2, 0) is 13.0 Å². The molecule has 2 aromatic rings. The first kappa shape index (κ1) is 15.0. The Kier molecular flexibility index (Phi) is 4.01. The van der Waals surface area contributed by atoms with E-state index in [1.54, 1.807) is 12.4 Å². The zero-order chi connectivity index (χ0) is 15.8. The molecule has 3 heterocycles. The van der Waals surface area contributed by atoms with Crippen LogP contribution in [0.3, 0.4) is 0 Å². The van der Waals surface area contributed by atoms with Crippen molar-refractivity contribution < 1.29 is 4.74 Å². The second-order valence-electron chi connectivity index (χ2n) is 5.87. The first-order chi connectivity index (χ1) is 11.2. The Hall–Kier alpha value is -1.56. The minimum atomic E-state index is 0.398. The molecule has 23 heavy (non-hydrogen) atoms. The molecule has 0 saturated carbocycles. The van der Waals surface area contributed by atoms with E-state index < -0.39 is 0 Å². The normalized spacial score (nSPS) is 19.6. The summed E-state index contributed by atoms with van der Waals surface area (Å²) in [5, 5.41) is 9.00. The highest BCUT2D eigenvalue weighted by Gasteiger charge is 2.21. The molecule has 1 aromatic heterocycles. The summed E-state index contributed by atoms with van der Waals surface area (Å²) in [6.45, 7) is 2.18. The number of aromatic nitrogens is 3. The largest absolute Gasteiger partial charge is 0.487 e. The zero-order valence-electron chi connectivity index (χ0n) is 12.4. The maximum absolute atomic E-state index is 6.16. The number of halogens is 2. The summed E-state index contributed by atoms with van der Waals surface area (Å²) in [5.41, 5.74) is 2.12. The van der Waals surface area contributed by atoms with Crippen LogP contribution in [0, 0.1) is 0 Å². The van der Waals surface area contributed by atoms with Gasteiger partial charge in [0, 0.05) is 29.6 Å². The van der Waals surface area contributed by atoms with Crippen LogP contribution in [0.4, 0.5) is 0 Å². The third-order valence-corrected chi connectivity index (χ3v) is 4.72. The summed E-state index contributed by atoms with van der Waals surface area (Å²) < 4.78 is 7.75. The Labute approximate surface area is 144 Å². The first-order valence-corrected chi connectivity index (χ1v) is 8.36. The van der Waals surface area contributed by atoms with Crippen LogP contribution in [0.2, 0.25) is 10.0 Å². The Bertz CT molecular complexity index is 771. The lowest BCUT2D eigenvalue weighted by Gasteiger charge is -2.25. The number of benzene rings is 1. The quantitative estimate of drug-likeness (QED) is 0.924. The third-order valence-electron chi connectivity index (χ3n) is 4.22. The summed E-state index contributed by atoms with van der Waals surface area (Å²) in [6, 6.07) is 3.98. The molecule has 0 saturated heterocycles. The van der Waals surface area contributed by atoms with E-state index in [1.807, 2.05) is 10.7 Å². The minimum absolute atomic E-state index is 0.398. The standard InChI is InChI=1S/C16H16Cl2N4O/c17-12-4-11-3-10(8-23-16(11)14(18)5-12)6-19-13-1-2-15-20-9-21-22(15)7-13/h3-5,9,13,19H,1-2,6-8H2. The number of hydrogen-bond donors (Lipinski definition) is 1. The summed E-state index contributed by atoms with van der Waals surface area (Å²) in [5.74, 6) is 1.78. The van der Waals surface area contributed by atoms with Gasteiger partial charge in [0.05, 0.1) is 11.6 Å². The van der Waals surface area contributed by atoms with Crippen molar-refractivity contribution in [3.05, 3.63) is 45.5 Å². The van der Waals surface area contributed by atoms with Gasteiger partial charge >= 0.3 is 0 Å². The van der Waals surface area contributed by atoms with Gasteiger partial charge in [-0.1, -0.05) is 23.2 Å². The molecule has 5 nitrogen and oxygen atoms in total. The second-order valence-corrected chi connectivity index (χ2v) is 6.72. The van der Waals surface area contributed by atoms with Gasteiger partial charge in [-0.25, -0.2) is 9.67 Å². The van der Waals surface area contributed by atoms with Gasteiger partial charge in [-0.05, 0) is 30.2 Å². The molecule has 0 amide bonds. The fourth-order valence-electron chi connectivity index (χ4n) is 3.05. The lowest BCUT2D eigenvalue weighted by molar-refractivity contribution is 0.330. The highest BCUT2D eigenvalue weighted by molar-refractivity contribution is 6.36. The molecule has 1 atom stereocenters. The molecule has 4 rings (SSSR count). The number of nitrogens with one attached hydrogen (secondary N) is 1. The maximum Gasteiger partial charge on any atom is 0.145 e. The van der Waals surface area contributed by atoms with Crippen LogP contribution < -0.4 is 10.1 Å². The monoisotopic (exact) mass is 350 g/mol. The molecule has 1 unspecified atom stereocenters. The van der Waals surface area contributed by atoms with Crippen molar-refractivity contribution >= 4 is 29.3 Å². The van der Waals surface area contributed by atoms with E-state index in [2.05, 4.69) is 21.5 Å². The van der Waals surface area contributed by atoms with E-state index in [1.165, 1.54) is 5.57 Å². The van der Waals surface area contributed by atoms with E-state index in [0.29, 0.717) is 28.4 Å². The average Bonchev–Trinajstić information content (AvgIpc) is 3.00. The topological polar surface area (TPSA) is 52.0 Å². The molecule has 0 fully saturated rings. The van der Waals surface area contributed by atoms with E-state index in [4.69, 9.17) is 27.9 Å². The fraction of sp³-hybridized carbons (Fsp3) is 0.375. The molecular formula is C16H16Cl2N4O. The number of hydrogen-bond acceptors (Lipinski definition) is 4. The van der Waals surface area contributed by atoms with Crippen molar-refractivity contribution in [2.75, 3.05) is 13.2 Å². The lowest BCUT2D eigenvalue weighted by atomic mass is 10.1. The highest BCUT2D eigenvalue weighted by atomic mass is 35.5. The van der Waals surface area contributed by atoms with Crippen LogP contribution >= 0.6 is 23.2 Å². The van der Waals surface area contributed by atoms with Crippen molar-refractivity contribution in [1.29, 1.82) is 0 Å². The second kappa shape index (κ2) is 6.15. The zero-order valence-corrected chi connectivity index (χ0v) is 13.9. The van der Waals surface area contributed by atoms with Crippen molar-refractivity contribution in [2.24, 2.45) is 0 Å². The van der Waals surface area contributed by atoms with Gasteiger partial charge in [-0.3, -0.25) is 0 Å². The Morgan fingerprint density at radius 3 is 3.17 bits per heavy atom. The first-order valence-electron chi connectivity index (χ1n) is 7.60. The molecule has 0 bridgehead atoms. The van der Waals surface area contributed by atoms with Crippen molar-refractivity contribution in [3.8, 4) is 5.75 Å². The van der Waals surface area contributed by atoms with E-state index in [-0.39, 0.29) is 0 Å². The number of aryl methyl sites for hydroxylation is 1. The Balaban J connectivity index is 1.43. The molecule has 1 aromatic carbocycles. The molecule has 0 radical (unpaired) electrons. The van der Waals surface area contributed by atoms with Gasteiger partial charge < -0.3 is 10.1 Å². The molecule has 2 aliphatic rings. The van der Waals surface area contributed by atoms with Gasteiger partial charge in [0.1, 0.15) is 24.5 Å². The Morgan fingerprint density at radius 1 is 1.35 bits per heavy atom. The van der Waals surface area contributed by atoms with E-state index in [0.717, 1.165) is 37.3 Å². The van der Waals surface area contributed by atoms with Crippen LogP contribution in [0.25, 0.3) is 6.08 Å².